The van der Waals surface area contributed by atoms with E-state index in [0.29, 0.717) is 6.42 Å². The zero-order chi connectivity index (χ0) is 14.1. The van der Waals surface area contributed by atoms with Crippen LogP contribution in [-0.2, 0) is 11.2 Å². The summed E-state index contributed by atoms with van der Waals surface area (Å²) in [6.07, 6.45) is 3.24. The molecule has 6 heteroatoms. The van der Waals surface area contributed by atoms with Crippen molar-refractivity contribution in [3.63, 3.8) is 0 Å². The van der Waals surface area contributed by atoms with E-state index in [-0.39, 0.29) is 6.04 Å². The van der Waals surface area contributed by atoms with Crippen LogP contribution in [0.1, 0.15) is 41.6 Å². The third-order valence-electron chi connectivity index (χ3n) is 3.49. The highest BCUT2D eigenvalue weighted by Gasteiger charge is 2.32. The van der Waals surface area contributed by atoms with Crippen molar-refractivity contribution in [3.8, 4) is 0 Å². The van der Waals surface area contributed by atoms with Crippen molar-refractivity contribution < 1.29 is 9.90 Å². The van der Waals surface area contributed by atoms with Gasteiger partial charge in [0.1, 0.15) is 5.92 Å². The van der Waals surface area contributed by atoms with Crippen LogP contribution >= 0.6 is 11.3 Å². The number of hydrogen-bond donors (Lipinski definition) is 2. The van der Waals surface area contributed by atoms with Crippen molar-refractivity contribution in [1.29, 1.82) is 0 Å². The summed E-state index contributed by atoms with van der Waals surface area (Å²) in [6.45, 7) is 2.02. The Morgan fingerprint density at radius 1 is 1.55 bits per heavy atom. The molecule has 2 heterocycles. The average molecular weight is 289 g/mol. The lowest BCUT2D eigenvalue weighted by Gasteiger charge is -2.12. The van der Waals surface area contributed by atoms with Gasteiger partial charge in [-0.2, -0.15) is 0 Å². The maximum atomic E-state index is 11.2. The summed E-state index contributed by atoms with van der Waals surface area (Å²) in [6, 6.07) is 5.83. The van der Waals surface area contributed by atoms with Crippen LogP contribution in [0.15, 0.2) is 24.4 Å². The van der Waals surface area contributed by atoms with Gasteiger partial charge in [0.2, 0.25) is 0 Å². The minimum atomic E-state index is -0.779. The standard InChI is InChI=1S/C14H15N3O2S/c1-8(10-4-2-3-7-15-10)16-14-17-12-9(13(18)19)5-6-11(12)20-14/h2-4,7-9H,5-6H2,1H3,(H,16,17)(H,18,19). The fraction of sp³-hybridized carbons (Fsp3) is 0.357. The first kappa shape index (κ1) is 13.1. The molecule has 2 atom stereocenters. The van der Waals surface area contributed by atoms with Gasteiger partial charge >= 0.3 is 5.97 Å². The Morgan fingerprint density at radius 2 is 2.40 bits per heavy atom. The Labute approximate surface area is 120 Å². The molecule has 0 bridgehead atoms. The fourth-order valence-electron chi connectivity index (χ4n) is 2.42. The largest absolute Gasteiger partial charge is 0.481 e. The number of nitrogens with zero attached hydrogens (tertiary/aromatic N) is 2. The van der Waals surface area contributed by atoms with Crippen molar-refractivity contribution >= 4 is 22.4 Å². The maximum Gasteiger partial charge on any atom is 0.312 e. The number of carboxylic acids is 1. The van der Waals surface area contributed by atoms with Gasteiger partial charge in [-0.05, 0) is 31.9 Å². The number of thiazole rings is 1. The molecule has 3 rings (SSSR count). The first-order valence-electron chi connectivity index (χ1n) is 6.55. The number of fused-ring (bicyclic) bond motifs is 1. The second kappa shape index (κ2) is 5.20. The molecule has 0 aromatic carbocycles. The number of nitrogens with one attached hydrogen (secondary N) is 1. The molecule has 2 aromatic heterocycles. The van der Waals surface area contributed by atoms with Crippen LogP contribution in [0.2, 0.25) is 0 Å². The minimum absolute atomic E-state index is 0.0470. The van der Waals surface area contributed by atoms with Gasteiger partial charge in [-0.15, -0.1) is 11.3 Å². The van der Waals surface area contributed by atoms with Crippen LogP contribution in [-0.4, -0.2) is 21.0 Å². The fourth-order valence-corrected chi connectivity index (χ4v) is 3.55. The Hall–Kier alpha value is -1.95. The molecule has 0 amide bonds. The van der Waals surface area contributed by atoms with Crippen molar-refractivity contribution in [1.82, 2.24) is 9.97 Å². The van der Waals surface area contributed by atoms with Crippen molar-refractivity contribution in [3.05, 3.63) is 40.7 Å². The predicted octanol–water partition coefficient (Wildman–Crippen LogP) is 2.83. The SMILES string of the molecule is CC(Nc1nc2c(s1)CCC2C(=O)O)c1ccccn1. The number of hydrogen-bond acceptors (Lipinski definition) is 5. The van der Waals surface area contributed by atoms with Crippen LogP contribution < -0.4 is 5.32 Å². The number of aryl methyl sites for hydroxylation is 1. The number of rotatable bonds is 4. The Morgan fingerprint density at radius 3 is 3.10 bits per heavy atom. The number of aliphatic carboxylic acids is 1. The molecule has 104 valence electrons. The monoisotopic (exact) mass is 289 g/mol. The molecule has 0 radical (unpaired) electrons. The number of anilines is 1. The normalized spacial score (nSPS) is 18.6. The molecule has 0 spiro atoms. The van der Waals surface area contributed by atoms with Gasteiger partial charge in [0.05, 0.1) is 17.4 Å². The van der Waals surface area contributed by atoms with Gasteiger partial charge in [0, 0.05) is 11.1 Å². The van der Waals surface area contributed by atoms with Gasteiger partial charge in [0.15, 0.2) is 5.13 Å². The maximum absolute atomic E-state index is 11.2. The first-order valence-corrected chi connectivity index (χ1v) is 7.36. The molecule has 20 heavy (non-hydrogen) atoms. The summed E-state index contributed by atoms with van der Waals surface area (Å²) < 4.78 is 0. The zero-order valence-electron chi connectivity index (χ0n) is 11.0. The van der Waals surface area contributed by atoms with Crippen LogP contribution in [0.5, 0.6) is 0 Å². The zero-order valence-corrected chi connectivity index (χ0v) is 11.9. The van der Waals surface area contributed by atoms with Crippen LogP contribution in [0, 0.1) is 0 Å². The van der Waals surface area contributed by atoms with Gasteiger partial charge in [0.25, 0.3) is 0 Å². The molecule has 2 N–H and O–H groups in total. The molecule has 0 fully saturated rings. The highest BCUT2D eigenvalue weighted by molar-refractivity contribution is 7.15. The summed E-state index contributed by atoms with van der Waals surface area (Å²) in [7, 11) is 0. The molecule has 0 aliphatic heterocycles. The van der Waals surface area contributed by atoms with Gasteiger partial charge in [-0.1, -0.05) is 6.07 Å². The lowest BCUT2D eigenvalue weighted by atomic mass is 10.1. The number of pyridine rings is 1. The highest BCUT2D eigenvalue weighted by Crippen LogP contribution is 2.39. The topological polar surface area (TPSA) is 75.1 Å². The van der Waals surface area contributed by atoms with Crippen molar-refractivity contribution in [2.45, 2.75) is 31.7 Å². The van der Waals surface area contributed by atoms with Crippen LogP contribution in [0.4, 0.5) is 5.13 Å². The number of aromatic nitrogens is 2. The van der Waals surface area contributed by atoms with E-state index >= 15 is 0 Å². The van der Waals surface area contributed by atoms with Gasteiger partial charge in [-0.25, -0.2) is 4.98 Å². The smallest absolute Gasteiger partial charge is 0.312 e. The van der Waals surface area contributed by atoms with Crippen LogP contribution in [0.3, 0.4) is 0 Å². The van der Waals surface area contributed by atoms with E-state index in [2.05, 4.69) is 15.3 Å². The van der Waals surface area contributed by atoms with Crippen LogP contribution in [0.25, 0.3) is 0 Å². The van der Waals surface area contributed by atoms with E-state index in [1.807, 2.05) is 25.1 Å². The summed E-state index contributed by atoms with van der Waals surface area (Å²) in [5.41, 5.74) is 1.68. The lowest BCUT2D eigenvalue weighted by Crippen LogP contribution is -2.10. The van der Waals surface area contributed by atoms with Gasteiger partial charge < -0.3 is 10.4 Å². The minimum Gasteiger partial charge on any atom is -0.481 e. The summed E-state index contributed by atoms with van der Waals surface area (Å²) in [4.78, 5) is 21.0. The molecule has 2 unspecified atom stereocenters. The summed E-state index contributed by atoms with van der Waals surface area (Å²) >= 11 is 1.55. The van der Waals surface area contributed by atoms with E-state index in [9.17, 15) is 4.79 Å². The summed E-state index contributed by atoms with van der Waals surface area (Å²) in [5, 5.41) is 13.2. The first-order chi connectivity index (χ1) is 9.65. The quantitative estimate of drug-likeness (QED) is 0.905. The second-order valence-electron chi connectivity index (χ2n) is 4.88. The molecule has 5 nitrogen and oxygen atoms in total. The number of carboxylic acid groups (broad SMARTS) is 1. The van der Waals surface area contributed by atoms with E-state index in [1.54, 1.807) is 17.5 Å². The molecule has 1 aliphatic carbocycles. The second-order valence-corrected chi connectivity index (χ2v) is 5.96. The highest BCUT2D eigenvalue weighted by atomic mass is 32.1. The molecule has 1 aliphatic rings. The third-order valence-corrected chi connectivity index (χ3v) is 4.55. The Kier molecular flexibility index (Phi) is 3.40. The lowest BCUT2D eigenvalue weighted by molar-refractivity contribution is -0.138. The summed E-state index contributed by atoms with van der Waals surface area (Å²) in [5.74, 6) is -1.22. The number of carbonyl (C=O) groups is 1. The van der Waals surface area contributed by atoms with Crippen molar-refractivity contribution in [2.75, 3.05) is 5.32 Å². The van der Waals surface area contributed by atoms with E-state index in [0.717, 1.165) is 27.8 Å². The molecule has 0 saturated heterocycles. The Bertz CT molecular complexity index is 627. The van der Waals surface area contributed by atoms with Crippen molar-refractivity contribution in [2.24, 2.45) is 0 Å². The molecule has 2 aromatic rings. The molecular weight excluding hydrogens is 274 g/mol. The molecule has 0 saturated carbocycles. The van der Waals surface area contributed by atoms with E-state index < -0.39 is 11.9 Å². The van der Waals surface area contributed by atoms with Gasteiger partial charge in [-0.3, -0.25) is 9.78 Å². The van der Waals surface area contributed by atoms with E-state index in [4.69, 9.17) is 5.11 Å². The third kappa shape index (κ3) is 2.38. The average Bonchev–Trinajstić information content (AvgIpc) is 2.98. The van der Waals surface area contributed by atoms with E-state index in [1.165, 1.54) is 0 Å². The predicted molar refractivity (Wildman–Crippen MR) is 77.1 cm³/mol. The Balaban J connectivity index is 1.77. The molecular formula is C14H15N3O2S.